The van der Waals surface area contributed by atoms with Gasteiger partial charge in [0.25, 0.3) is 0 Å². The van der Waals surface area contributed by atoms with Crippen molar-refractivity contribution < 1.29 is 32.4 Å². The summed E-state index contributed by atoms with van der Waals surface area (Å²) in [6.07, 6.45) is -5.11. The zero-order valence-corrected chi connectivity index (χ0v) is 13.5. The number of halogens is 4. The van der Waals surface area contributed by atoms with Crippen molar-refractivity contribution >= 4 is 29.1 Å². The largest absolute Gasteiger partial charge is 0.467 e. The summed E-state index contributed by atoms with van der Waals surface area (Å²) < 4.78 is 49.0. The van der Waals surface area contributed by atoms with Gasteiger partial charge in [0.15, 0.2) is 0 Å². The molecule has 2 rings (SSSR count). The average molecular weight is 385 g/mol. The second-order valence-corrected chi connectivity index (χ2v) is 5.44. The fourth-order valence-electron chi connectivity index (χ4n) is 2.41. The summed E-state index contributed by atoms with van der Waals surface area (Å²) in [5.74, 6) is -1.63. The summed E-state index contributed by atoms with van der Waals surface area (Å²) in [5.41, 5.74) is -4.77. The topological polar surface area (TPSA) is 116 Å². The molecule has 0 bridgehead atoms. The number of carbonyl (C=O) groups excluding carboxylic acids is 1. The molecule has 1 N–H and O–H groups in total. The molecule has 0 saturated carbocycles. The van der Waals surface area contributed by atoms with Crippen LogP contribution in [-0.4, -0.2) is 46.7 Å². The van der Waals surface area contributed by atoms with Crippen molar-refractivity contribution in [1.29, 1.82) is 0 Å². The van der Waals surface area contributed by atoms with E-state index >= 15 is 0 Å². The molecular weight excluding hydrogens is 373 g/mol. The van der Waals surface area contributed by atoms with Gasteiger partial charge in [-0.1, -0.05) is 0 Å². The Labute approximate surface area is 143 Å². The number of carbonyl (C=O) groups is 1. The number of hydrogen-bond acceptors (Lipinski definition) is 8. The van der Waals surface area contributed by atoms with Gasteiger partial charge in [0.05, 0.1) is 12.0 Å². The second-order valence-electron chi connectivity index (χ2n) is 5.10. The molecule has 9 nitrogen and oxygen atoms in total. The van der Waals surface area contributed by atoms with Crippen molar-refractivity contribution in [2.45, 2.75) is 24.6 Å². The highest BCUT2D eigenvalue weighted by Crippen LogP contribution is 2.40. The van der Waals surface area contributed by atoms with Gasteiger partial charge in [0, 0.05) is 26.1 Å². The van der Waals surface area contributed by atoms with E-state index in [1.807, 2.05) is 0 Å². The fraction of sp³-hybridized carbons (Fsp3) is 0.583. The van der Waals surface area contributed by atoms with Gasteiger partial charge >= 0.3 is 17.8 Å². The Hall–Kier alpha value is -2.21. The number of nitrogens with zero attached hydrogens (tertiary/aromatic N) is 3. The fourth-order valence-corrected chi connectivity index (χ4v) is 2.58. The van der Waals surface area contributed by atoms with Crippen LogP contribution in [0.25, 0.3) is 0 Å². The molecule has 0 unspecified atom stereocenters. The van der Waals surface area contributed by atoms with E-state index in [-0.39, 0.29) is 26.1 Å². The van der Waals surface area contributed by atoms with Gasteiger partial charge in [-0.05, 0) is 11.6 Å². The molecular formula is C12H12ClF3N4O5. The summed E-state index contributed by atoms with van der Waals surface area (Å²) in [5, 5.41) is 12.7. The normalized spacial score (nSPS) is 17.0. The molecule has 13 heteroatoms. The predicted octanol–water partition coefficient (Wildman–Crippen LogP) is 2.19. The standard InChI is InChI=1S/C12H12ClF3N4O5/c1-24-9(21)11(2-4-25-5-3-11)19-8-6(20(22)23)7(12(14,15)16)17-10(13)18-8/h2-5H2,1H3,(H,17,18,19). The summed E-state index contributed by atoms with van der Waals surface area (Å²) in [4.78, 5) is 28.4. The third-order valence-corrected chi connectivity index (χ3v) is 3.76. The second kappa shape index (κ2) is 6.96. The SMILES string of the molecule is COC(=O)C1(Nc2nc(Cl)nc(C(F)(F)F)c2[N+](=O)[O-])CCOCC1. The minimum Gasteiger partial charge on any atom is -0.467 e. The highest BCUT2D eigenvalue weighted by atomic mass is 35.5. The zero-order valence-electron chi connectivity index (χ0n) is 12.7. The van der Waals surface area contributed by atoms with Gasteiger partial charge in [-0.15, -0.1) is 0 Å². The molecule has 1 saturated heterocycles. The van der Waals surface area contributed by atoms with Crippen LogP contribution in [0.1, 0.15) is 18.5 Å². The summed E-state index contributed by atoms with van der Waals surface area (Å²) in [6.45, 7) is 0.196. The molecule has 0 aliphatic carbocycles. The first kappa shape index (κ1) is 19.1. The van der Waals surface area contributed by atoms with Crippen LogP contribution in [0.3, 0.4) is 0 Å². The van der Waals surface area contributed by atoms with Crippen LogP contribution in [0.2, 0.25) is 5.28 Å². The minimum absolute atomic E-state index is 0.0137. The number of nitrogens with one attached hydrogen (secondary N) is 1. The minimum atomic E-state index is -5.14. The van der Waals surface area contributed by atoms with E-state index in [2.05, 4.69) is 20.0 Å². The van der Waals surface area contributed by atoms with Crippen molar-refractivity contribution in [3.8, 4) is 0 Å². The van der Waals surface area contributed by atoms with Crippen LogP contribution < -0.4 is 5.32 Å². The molecule has 0 spiro atoms. The van der Waals surface area contributed by atoms with Gasteiger partial charge in [0.1, 0.15) is 5.54 Å². The Morgan fingerprint density at radius 2 is 2.00 bits per heavy atom. The van der Waals surface area contributed by atoms with Gasteiger partial charge in [0.2, 0.25) is 16.8 Å². The Morgan fingerprint density at radius 3 is 2.48 bits per heavy atom. The summed E-state index contributed by atoms with van der Waals surface area (Å²) in [6, 6.07) is 0. The summed E-state index contributed by atoms with van der Waals surface area (Å²) in [7, 11) is 1.09. The Bertz CT molecular complexity index is 694. The maximum atomic E-state index is 13.1. The molecule has 1 fully saturated rings. The number of aromatic nitrogens is 2. The van der Waals surface area contributed by atoms with Crippen LogP contribution in [0, 0.1) is 10.1 Å². The number of alkyl halides is 3. The first-order chi connectivity index (χ1) is 11.6. The lowest BCUT2D eigenvalue weighted by atomic mass is 9.90. The molecule has 0 radical (unpaired) electrons. The molecule has 1 aromatic heterocycles. The van der Waals surface area contributed by atoms with Crippen LogP contribution in [0.5, 0.6) is 0 Å². The van der Waals surface area contributed by atoms with Crippen molar-refractivity contribution in [2.24, 2.45) is 0 Å². The Morgan fingerprint density at radius 1 is 1.40 bits per heavy atom. The van der Waals surface area contributed by atoms with E-state index in [1.54, 1.807) is 0 Å². The molecule has 0 amide bonds. The number of anilines is 1. The van der Waals surface area contributed by atoms with E-state index in [9.17, 15) is 28.1 Å². The average Bonchev–Trinajstić information content (AvgIpc) is 2.53. The van der Waals surface area contributed by atoms with Gasteiger partial charge in [-0.3, -0.25) is 10.1 Å². The number of methoxy groups -OCH3 is 1. The highest BCUT2D eigenvalue weighted by molar-refractivity contribution is 6.28. The van der Waals surface area contributed by atoms with E-state index < -0.39 is 45.1 Å². The van der Waals surface area contributed by atoms with E-state index in [0.29, 0.717) is 0 Å². The molecule has 25 heavy (non-hydrogen) atoms. The number of ether oxygens (including phenoxy) is 2. The van der Waals surface area contributed by atoms with Crippen molar-refractivity contribution in [3.05, 3.63) is 21.1 Å². The Kier molecular flexibility index (Phi) is 5.32. The van der Waals surface area contributed by atoms with Crippen LogP contribution in [0.4, 0.5) is 24.7 Å². The van der Waals surface area contributed by atoms with Crippen molar-refractivity contribution in [1.82, 2.24) is 9.97 Å². The summed E-state index contributed by atoms with van der Waals surface area (Å²) >= 11 is 5.48. The molecule has 1 aliphatic heterocycles. The lowest BCUT2D eigenvalue weighted by molar-refractivity contribution is -0.387. The van der Waals surface area contributed by atoms with Crippen LogP contribution in [-0.2, 0) is 20.4 Å². The van der Waals surface area contributed by atoms with Gasteiger partial charge in [-0.2, -0.15) is 18.2 Å². The maximum Gasteiger partial charge on any atom is 0.440 e. The lowest BCUT2D eigenvalue weighted by Crippen LogP contribution is -2.51. The van der Waals surface area contributed by atoms with Crippen molar-refractivity contribution in [3.63, 3.8) is 0 Å². The third kappa shape index (κ3) is 3.90. The first-order valence-electron chi connectivity index (χ1n) is 6.84. The van der Waals surface area contributed by atoms with E-state index in [4.69, 9.17) is 16.3 Å². The van der Waals surface area contributed by atoms with Crippen molar-refractivity contribution in [2.75, 3.05) is 25.6 Å². The number of hydrogen-bond donors (Lipinski definition) is 1. The Balaban J connectivity index is 2.59. The maximum absolute atomic E-state index is 13.1. The molecule has 1 aliphatic rings. The highest BCUT2D eigenvalue weighted by Gasteiger charge is 2.47. The predicted molar refractivity (Wildman–Crippen MR) is 77.1 cm³/mol. The van der Waals surface area contributed by atoms with Crippen LogP contribution in [0.15, 0.2) is 0 Å². The molecule has 138 valence electrons. The van der Waals surface area contributed by atoms with E-state index in [1.165, 1.54) is 0 Å². The molecule has 1 aromatic rings. The molecule has 0 atom stereocenters. The number of nitro groups is 1. The first-order valence-corrected chi connectivity index (χ1v) is 7.22. The lowest BCUT2D eigenvalue weighted by Gasteiger charge is -2.35. The quantitative estimate of drug-likeness (QED) is 0.363. The van der Waals surface area contributed by atoms with Crippen LogP contribution >= 0.6 is 11.6 Å². The molecule has 0 aromatic carbocycles. The van der Waals surface area contributed by atoms with Gasteiger partial charge < -0.3 is 14.8 Å². The van der Waals surface area contributed by atoms with E-state index in [0.717, 1.165) is 7.11 Å². The zero-order chi connectivity index (χ0) is 18.8. The molecule has 2 heterocycles. The third-order valence-electron chi connectivity index (χ3n) is 3.59. The number of rotatable bonds is 4. The monoisotopic (exact) mass is 384 g/mol. The smallest absolute Gasteiger partial charge is 0.440 e. The van der Waals surface area contributed by atoms with Gasteiger partial charge in [-0.25, -0.2) is 9.78 Å². The number of esters is 1.